The highest BCUT2D eigenvalue weighted by atomic mass is 19.1. The quantitative estimate of drug-likeness (QED) is 0.733. The molecule has 1 N–H and O–H groups in total. The molecule has 1 aliphatic rings. The molecule has 1 fully saturated rings. The van der Waals surface area contributed by atoms with E-state index in [4.69, 9.17) is 4.74 Å². The Labute approximate surface area is 90.4 Å². The van der Waals surface area contributed by atoms with E-state index < -0.39 is 12.3 Å². The van der Waals surface area contributed by atoms with Gasteiger partial charge in [0.25, 0.3) is 0 Å². The number of ether oxygens (including phenoxy) is 1. The lowest BCUT2D eigenvalue weighted by Crippen LogP contribution is -2.42. The molecule has 3 nitrogen and oxygen atoms in total. The van der Waals surface area contributed by atoms with E-state index in [0.717, 1.165) is 0 Å². The maximum atomic E-state index is 12.8. The first-order valence-corrected chi connectivity index (χ1v) is 5.50. The highest BCUT2D eigenvalue weighted by molar-refractivity contribution is 5.68. The van der Waals surface area contributed by atoms with Crippen molar-refractivity contribution in [2.24, 2.45) is 0 Å². The summed E-state index contributed by atoms with van der Waals surface area (Å²) >= 11 is 0. The number of alkyl carbamates (subject to hydrolysis) is 1. The Balaban J connectivity index is 2.27. The predicted octanol–water partition coefficient (Wildman–Crippen LogP) is 2.79. The second-order valence-electron chi connectivity index (χ2n) is 5.15. The third kappa shape index (κ3) is 5.00. The molecule has 0 aromatic carbocycles. The minimum absolute atomic E-state index is 0.112. The Bertz CT molecular complexity index is 217. The van der Waals surface area contributed by atoms with Gasteiger partial charge in [0.05, 0.1) is 0 Å². The lowest BCUT2D eigenvalue weighted by Gasteiger charge is -2.26. The summed E-state index contributed by atoms with van der Waals surface area (Å²) in [5, 5.41) is 2.72. The second kappa shape index (κ2) is 4.81. The number of amides is 1. The maximum Gasteiger partial charge on any atom is 0.407 e. The minimum atomic E-state index is -0.712. The van der Waals surface area contributed by atoms with Crippen molar-refractivity contribution in [2.75, 3.05) is 0 Å². The van der Waals surface area contributed by atoms with Gasteiger partial charge < -0.3 is 10.1 Å². The van der Waals surface area contributed by atoms with Crippen molar-refractivity contribution in [3.8, 4) is 0 Å². The standard InChI is InChI=1S/C11H20FNO2/c1-11(2,3)13-10(14)15-9-6-4-8(12)5-7-9/h8-9H,4-7H2,1-3H3,(H,13,14). The minimum Gasteiger partial charge on any atom is -0.446 e. The van der Waals surface area contributed by atoms with E-state index in [9.17, 15) is 9.18 Å². The van der Waals surface area contributed by atoms with Gasteiger partial charge in [0.2, 0.25) is 0 Å². The maximum absolute atomic E-state index is 12.8. The highest BCUT2D eigenvalue weighted by Crippen LogP contribution is 2.23. The smallest absolute Gasteiger partial charge is 0.407 e. The van der Waals surface area contributed by atoms with Gasteiger partial charge in [-0.25, -0.2) is 9.18 Å². The molecule has 1 rings (SSSR count). The molecule has 1 aliphatic carbocycles. The molecule has 0 radical (unpaired) electrons. The summed E-state index contributed by atoms with van der Waals surface area (Å²) in [6, 6.07) is 0. The van der Waals surface area contributed by atoms with Crippen LogP contribution in [0.1, 0.15) is 46.5 Å². The van der Waals surface area contributed by atoms with Crippen LogP contribution in [0.3, 0.4) is 0 Å². The van der Waals surface area contributed by atoms with Crippen molar-refractivity contribution in [2.45, 2.75) is 64.3 Å². The summed E-state index contributed by atoms with van der Waals surface area (Å²) in [4.78, 5) is 11.4. The Hall–Kier alpha value is -0.800. The Morgan fingerprint density at radius 2 is 1.80 bits per heavy atom. The van der Waals surface area contributed by atoms with Crippen molar-refractivity contribution in [3.05, 3.63) is 0 Å². The lowest BCUT2D eigenvalue weighted by atomic mass is 9.96. The number of rotatable bonds is 1. The van der Waals surface area contributed by atoms with Crippen LogP contribution in [0.5, 0.6) is 0 Å². The van der Waals surface area contributed by atoms with Gasteiger partial charge in [-0.2, -0.15) is 0 Å². The number of hydrogen-bond donors (Lipinski definition) is 1. The second-order valence-corrected chi connectivity index (χ2v) is 5.15. The molecule has 0 aliphatic heterocycles. The van der Waals surface area contributed by atoms with Crippen LogP contribution < -0.4 is 5.32 Å². The van der Waals surface area contributed by atoms with E-state index >= 15 is 0 Å². The van der Waals surface area contributed by atoms with Crippen molar-refractivity contribution in [1.29, 1.82) is 0 Å². The summed E-state index contributed by atoms with van der Waals surface area (Å²) in [6.45, 7) is 5.69. The van der Waals surface area contributed by atoms with Gasteiger partial charge in [-0.05, 0) is 46.5 Å². The van der Waals surface area contributed by atoms with E-state index in [2.05, 4.69) is 5.32 Å². The van der Waals surface area contributed by atoms with Gasteiger partial charge >= 0.3 is 6.09 Å². The van der Waals surface area contributed by atoms with Gasteiger partial charge in [-0.15, -0.1) is 0 Å². The van der Waals surface area contributed by atoms with Gasteiger partial charge in [0.15, 0.2) is 0 Å². The monoisotopic (exact) mass is 217 g/mol. The summed E-state index contributed by atoms with van der Waals surface area (Å²) in [5.74, 6) is 0. The Kier molecular flexibility index (Phi) is 3.94. The predicted molar refractivity (Wildman–Crippen MR) is 56.5 cm³/mol. The first-order valence-electron chi connectivity index (χ1n) is 5.50. The van der Waals surface area contributed by atoms with E-state index in [1.165, 1.54) is 0 Å². The van der Waals surface area contributed by atoms with Gasteiger partial charge in [0.1, 0.15) is 12.3 Å². The molecule has 0 aromatic rings. The van der Waals surface area contributed by atoms with Crippen LogP contribution in [0.4, 0.5) is 9.18 Å². The van der Waals surface area contributed by atoms with E-state index in [1.54, 1.807) is 0 Å². The van der Waals surface area contributed by atoms with Crippen molar-refractivity contribution in [3.63, 3.8) is 0 Å². The lowest BCUT2D eigenvalue weighted by molar-refractivity contribution is 0.0534. The third-order valence-electron chi connectivity index (χ3n) is 2.35. The van der Waals surface area contributed by atoms with Crippen LogP contribution in [0.2, 0.25) is 0 Å². The zero-order chi connectivity index (χ0) is 11.5. The van der Waals surface area contributed by atoms with Crippen LogP contribution in [0.15, 0.2) is 0 Å². The molecular weight excluding hydrogens is 197 g/mol. The van der Waals surface area contributed by atoms with Gasteiger partial charge in [-0.1, -0.05) is 0 Å². The fraction of sp³-hybridized carbons (Fsp3) is 0.909. The van der Waals surface area contributed by atoms with Crippen LogP contribution in [-0.2, 0) is 4.74 Å². The summed E-state index contributed by atoms with van der Waals surface area (Å²) < 4.78 is 18.0. The number of nitrogens with one attached hydrogen (secondary N) is 1. The zero-order valence-electron chi connectivity index (χ0n) is 9.68. The average Bonchev–Trinajstić information content (AvgIpc) is 2.05. The summed E-state index contributed by atoms with van der Waals surface area (Å²) in [7, 11) is 0. The van der Waals surface area contributed by atoms with Crippen molar-refractivity contribution < 1.29 is 13.9 Å². The van der Waals surface area contributed by atoms with Crippen molar-refractivity contribution in [1.82, 2.24) is 5.32 Å². The van der Waals surface area contributed by atoms with E-state index in [1.807, 2.05) is 20.8 Å². The molecule has 88 valence electrons. The fourth-order valence-electron chi connectivity index (χ4n) is 1.63. The Morgan fingerprint density at radius 1 is 1.27 bits per heavy atom. The van der Waals surface area contributed by atoms with Crippen LogP contribution in [0.25, 0.3) is 0 Å². The SMILES string of the molecule is CC(C)(C)NC(=O)OC1CCC(F)CC1. The number of carbonyl (C=O) groups excluding carboxylic acids is 1. The molecule has 1 saturated carbocycles. The van der Waals surface area contributed by atoms with Crippen LogP contribution in [0, 0.1) is 0 Å². The molecule has 1 amide bonds. The molecule has 15 heavy (non-hydrogen) atoms. The molecular formula is C11H20FNO2. The molecule has 0 bridgehead atoms. The van der Waals surface area contributed by atoms with Crippen LogP contribution in [-0.4, -0.2) is 23.9 Å². The number of carbonyl (C=O) groups is 1. The van der Waals surface area contributed by atoms with Gasteiger partial charge in [-0.3, -0.25) is 0 Å². The molecule has 0 atom stereocenters. The summed E-state index contributed by atoms with van der Waals surface area (Å²) in [5.41, 5.74) is -0.283. The number of alkyl halides is 1. The van der Waals surface area contributed by atoms with E-state index in [-0.39, 0.29) is 11.6 Å². The summed E-state index contributed by atoms with van der Waals surface area (Å²) in [6.07, 6.45) is 1.07. The molecule has 4 heteroatoms. The average molecular weight is 217 g/mol. The van der Waals surface area contributed by atoms with E-state index in [0.29, 0.717) is 25.7 Å². The fourth-order valence-corrected chi connectivity index (χ4v) is 1.63. The van der Waals surface area contributed by atoms with Crippen LogP contribution >= 0.6 is 0 Å². The first kappa shape index (κ1) is 12.3. The zero-order valence-corrected chi connectivity index (χ0v) is 9.68. The first-order chi connectivity index (χ1) is 6.87. The van der Waals surface area contributed by atoms with Gasteiger partial charge in [0, 0.05) is 5.54 Å². The molecule has 0 saturated heterocycles. The largest absolute Gasteiger partial charge is 0.446 e. The third-order valence-corrected chi connectivity index (χ3v) is 2.35. The van der Waals surface area contributed by atoms with Crippen molar-refractivity contribution >= 4 is 6.09 Å². The Morgan fingerprint density at radius 3 is 2.27 bits per heavy atom. The number of hydrogen-bond acceptors (Lipinski definition) is 2. The normalized spacial score (nSPS) is 27.2. The topological polar surface area (TPSA) is 38.3 Å². The molecule has 0 aromatic heterocycles. The molecule has 0 spiro atoms. The highest BCUT2D eigenvalue weighted by Gasteiger charge is 2.24. The molecule has 0 heterocycles. The number of halogens is 1. The molecule has 0 unspecified atom stereocenters.